The number of fused-ring (bicyclic) bond motifs is 1. The van der Waals surface area contributed by atoms with Crippen LogP contribution in [0.1, 0.15) is 28.5 Å². The number of hydrogen-bond donors (Lipinski definition) is 1. The zero-order valence-corrected chi connectivity index (χ0v) is 13.3. The maximum Gasteiger partial charge on any atom is 0.227 e. The van der Waals surface area contributed by atoms with Gasteiger partial charge in [-0.25, -0.2) is 0 Å². The summed E-state index contributed by atoms with van der Waals surface area (Å²) >= 11 is 0. The maximum absolute atomic E-state index is 12.5. The van der Waals surface area contributed by atoms with Gasteiger partial charge in [-0.15, -0.1) is 0 Å². The third kappa shape index (κ3) is 2.52. The van der Waals surface area contributed by atoms with E-state index >= 15 is 0 Å². The molecule has 0 saturated carbocycles. The Balaban J connectivity index is 1.43. The Morgan fingerprint density at radius 1 is 1.35 bits per heavy atom. The van der Waals surface area contributed by atoms with Gasteiger partial charge < -0.3 is 14.4 Å². The highest BCUT2D eigenvalue weighted by Crippen LogP contribution is 2.28. The average Bonchev–Trinajstić information content (AvgIpc) is 3.05. The van der Waals surface area contributed by atoms with Crippen LogP contribution in [0.5, 0.6) is 0 Å². The van der Waals surface area contributed by atoms with Crippen LogP contribution in [0.4, 0.5) is 0 Å². The van der Waals surface area contributed by atoms with Gasteiger partial charge in [-0.1, -0.05) is 16.8 Å². The van der Waals surface area contributed by atoms with E-state index in [0.29, 0.717) is 12.3 Å². The van der Waals surface area contributed by atoms with Gasteiger partial charge in [0.25, 0.3) is 0 Å². The minimum absolute atomic E-state index is 0.170. The fourth-order valence-corrected chi connectivity index (χ4v) is 3.16. The second-order valence-electron chi connectivity index (χ2n) is 6.40. The van der Waals surface area contributed by atoms with Crippen LogP contribution in [0.2, 0.25) is 0 Å². The van der Waals surface area contributed by atoms with Gasteiger partial charge in [0.15, 0.2) is 0 Å². The van der Waals surface area contributed by atoms with Crippen LogP contribution in [0.3, 0.4) is 0 Å². The summed E-state index contributed by atoms with van der Waals surface area (Å²) in [6, 6.07) is 8.22. The number of H-pyrrole nitrogens is 1. The molecule has 1 aliphatic rings. The van der Waals surface area contributed by atoms with Crippen molar-refractivity contribution in [1.29, 1.82) is 0 Å². The molecule has 0 unspecified atom stereocenters. The normalized spacial score (nSPS) is 15.1. The summed E-state index contributed by atoms with van der Waals surface area (Å²) in [5, 5.41) is 5.18. The van der Waals surface area contributed by atoms with Crippen molar-refractivity contribution in [2.45, 2.75) is 26.2 Å². The Morgan fingerprint density at radius 3 is 2.91 bits per heavy atom. The molecule has 0 bridgehead atoms. The molecule has 0 spiro atoms. The van der Waals surface area contributed by atoms with Crippen LogP contribution in [0.15, 0.2) is 35.0 Å². The second-order valence-corrected chi connectivity index (χ2v) is 6.40. The van der Waals surface area contributed by atoms with Gasteiger partial charge in [0.2, 0.25) is 5.91 Å². The van der Waals surface area contributed by atoms with Gasteiger partial charge >= 0.3 is 0 Å². The minimum Gasteiger partial charge on any atom is -0.361 e. The highest BCUT2D eigenvalue weighted by atomic mass is 16.5. The molecule has 1 N–H and O–H groups in total. The van der Waals surface area contributed by atoms with Crippen molar-refractivity contribution >= 4 is 16.8 Å². The van der Waals surface area contributed by atoms with Crippen LogP contribution in [0, 0.1) is 13.8 Å². The summed E-state index contributed by atoms with van der Waals surface area (Å²) in [6.07, 6.45) is 2.38. The molecule has 1 aromatic carbocycles. The molecule has 1 amide bonds. The minimum atomic E-state index is 0.170. The molecule has 4 rings (SSSR count). The van der Waals surface area contributed by atoms with E-state index in [0.717, 1.165) is 41.0 Å². The lowest BCUT2D eigenvalue weighted by Gasteiger charge is -2.38. The number of hydrogen-bond acceptors (Lipinski definition) is 3. The molecule has 3 aromatic rings. The monoisotopic (exact) mass is 309 g/mol. The topological polar surface area (TPSA) is 62.1 Å². The molecule has 0 atom stereocenters. The number of amides is 1. The van der Waals surface area contributed by atoms with Crippen LogP contribution in [-0.2, 0) is 11.2 Å². The number of aromatic nitrogens is 2. The number of likely N-dealkylation sites (tertiary alicyclic amines) is 1. The standard InChI is InChI=1S/C18H19N3O2/c1-11-3-4-16-15(5-11)13(8-19-16)7-18(22)21-9-14(10-21)17-6-12(2)23-20-17/h3-6,8,14,19H,7,9-10H2,1-2H3. The molecule has 5 heteroatoms. The Bertz CT molecular complexity index is 871. The zero-order valence-electron chi connectivity index (χ0n) is 13.3. The summed E-state index contributed by atoms with van der Waals surface area (Å²) in [7, 11) is 0. The van der Waals surface area contributed by atoms with E-state index in [2.05, 4.69) is 35.3 Å². The van der Waals surface area contributed by atoms with Crippen molar-refractivity contribution in [3.63, 3.8) is 0 Å². The third-order valence-corrected chi connectivity index (χ3v) is 4.56. The second kappa shape index (κ2) is 5.26. The highest BCUT2D eigenvalue weighted by molar-refractivity contribution is 5.89. The van der Waals surface area contributed by atoms with Crippen molar-refractivity contribution < 1.29 is 9.32 Å². The van der Waals surface area contributed by atoms with E-state index in [1.807, 2.05) is 24.1 Å². The van der Waals surface area contributed by atoms with E-state index in [4.69, 9.17) is 4.52 Å². The number of nitrogens with one attached hydrogen (secondary N) is 1. The Labute approximate surface area is 134 Å². The fourth-order valence-electron chi connectivity index (χ4n) is 3.16. The van der Waals surface area contributed by atoms with E-state index in [1.54, 1.807) is 0 Å². The first kappa shape index (κ1) is 14.1. The number of carbonyl (C=O) groups excluding carboxylic acids is 1. The summed E-state index contributed by atoms with van der Waals surface area (Å²) in [6.45, 7) is 5.41. The number of nitrogens with zero attached hydrogens (tertiary/aromatic N) is 2. The summed E-state index contributed by atoms with van der Waals surface area (Å²) < 4.78 is 5.10. The number of aryl methyl sites for hydroxylation is 2. The van der Waals surface area contributed by atoms with E-state index in [1.165, 1.54) is 5.56 Å². The molecule has 118 valence electrons. The van der Waals surface area contributed by atoms with E-state index in [-0.39, 0.29) is 5.91 Å². The average molecular weight is 309 g/mol. The van der Waals surface area contributed by atoms with Crippen LogP contribution in [0.25, 0.3) is 10.9 Å². The number of aromatic amines is 1. The molecular weight excluding hydrogens is 290 g/mol. The first-order valence-corrected chi connectivity index (χ1v) is 7.88. The SMILES string of the molecule is Cc1ccc2[nH]cc(CC(=O)N3CC(c4cc(C)on4)C3)c2c1. The fraction of sp³-hybridized carbons (Fsp3) is 0.333. The predicted molar refractivity (Wildman–Crippen MR) is 87.3 cm³/mol. The van der Waals surface area contributed by atoms with Crippen molar-refractivity contribution in [3.05, 3.63) is 53.0 Å². The number of benzene rings is 1. The number of carbonyl (C=O) groups is 1. The van der Waals surface area contributed by atoms with Crippen molar-refractivity contribution in [3.8, 4) is 0 Å². The summed E-state index contributed by atoms with van der Waals surface area (Å²) in [4.78, 5) is 17.6. The molecular formula is C18H19N3O2. The van der Waals surface area contributed by atoms with Crippen molar-refractivity contribution in [1.82, 2.24) is 15.0 Å². The molecule has 0 aliphatic carbocycles. The highest BCUT2D eigenvalue weighted by Gasteiger charge is 2.33. The van der Waals surface area contributed by atoms with E-state index in [9.17, 15) is 4.79 Å². The van der Waals surface area contributed by atoms with Gasteiger partial charge in [0.1, 0.15) is 5.76 Å². The molecule has 23 heavy (non-hydrogen) atoms. The first-order valence-electron chi connectivity index (χ1n) is 7.88. The van der Waals surface area contributed by atoms with Gasteiger partial charge in [-0.2, -0.15) is 0 Å². The smallest absolute Gasteiger partial charge is 0.227 e. The van der Waals surface area contributed by atoms with E-state index < -0.39 is 0 Å². The maximum atomic E-state index is 12.5. The summed E-state index contributed by atoms with van der Waals surface area (Å²) in [5.74, 6) is 1.30. The lowest BCUT2D eigenvalue weighted by molar-refractivity contribution is -0.134. The molecule has 1 fully saturated rings. The van der Waals surface area contributed by atoms with Crippen LogP contribution < -0.4 is 0 Å². The predicted octanol–water partition coefficient (Wildman–Crippen LogP) is 2.94. The molecule has 3 heterocycles. The molecule has 2 aromatic heterocycles. The Morgan fingerprint density at radius 2 is 2.17 bits per heavy atom. The third-order valence-electron chi connectivity index (χ3n) is 4.56. The Hall–Kier alpha value is -2.56. The molecule has 0 radical (unpaired) electrons. The van der Waals surface area contributed by atoms with Crippen molar-refractivity contribution in [2.24, 2.45) is 0 Å². The lowest BCUT2D eigenvalue weighted by atomic mass is 9.95. The largest absolute Gasteiger partial charge is 0.361 e. The molecule has 1 saturated heterocycles. The van der Waals surface area contributed by atoms with Crippen LogP contribution >= 0.6 is 0 Å². The van der Waals surface area contributed by atoms with Crippen molar-refractivity contribution in [2.75, 3.05) is 13.1 Å². The van der Waals surface area contributed by atoms with Gasteiger partial charge in [-0.05, 0) is 31.5 Å². The molecule has 5 nitrogen and oxygen atoms in total. The van der Waals surface area contributed by atoms with Gasteiger partial charge in [0.05, 0.1) is 12.1 Å². The van der Waals surface area contributed by atoms with Gasteiger partial charge in [-0.3, -0.25) is 4.79 Å². The Kier molecular flexibility index (Phi) is 3.22. The molecule has 1 aliphatic heterocycles. The summed E-state index contributed by atoms with van der Waals surface area (Å²) in [5.41, 5.74) is 4.30. The van der Waals surface area contributed by atoms with Crippen LogP contribution in [-0.4, -0.2) is 34.0 Å². The first-order chi connectivity index (χ1) is 11.1. The van der Waals surface area contributed by atoms with Gasteiger partial charge in [0, 0.05) is 42.2 Å². The lowest BCUT2D eigenvalue weighted by Crippen LogP contribution is -2.49. The zero-order chi connectivity index (χ0) is 16.0. The number of rotatable bonds is 3. The quantitative estimate of drug-likeness (QED) is 0.809.